The third kappa shape index (κ3) is 2.88. The van der Waals surface area contributed by atoms with Crippen LogP contribution in [0.1, 0.15) is 5.56 Å². The first-order chi connectivity index (χ1) is 12.2. The summed E-state index contributed by atoms with van der Waals surface area (Å²) < 4.78 is 27.5. The van der Waals surface area contributed by atoms with Crippen LogP contribution in [0.2, 0.25) is 0 Å². The predicted octanol–water partition coefficient (Wildman–Crippen LogP) is 3.22. The molecule has 6 nitrogen and oxygen atoms in total. The van der Waals surface area contributed by atoms with Gasteiger partial charge in [0, 0.05) is 35.8 Å². The molecule has 0 saturated heterocycles. The van der Waals surface area contributed by atoms with Crippen molar-refractivity contribution in [2.75, 3.05) is 7.11 Å². The maximum Gasteiger partial charge on any atom is 0.215 e. The molecule has 1 N–H and O–H groups in total. The van der Waals surface area contributed by atoms with Crippen molar-refractivity contribution in [2.45, 2.75) is 11.4 Å². The summed E-state index contributed by atoms with van der Waals surface area (Å²) in [5.41, 5.74) is 2.73. The molecule has 0 aliphatic rings. The lowest BCUT2D eigenvalue weighted by atomic mass is 10.2. The summed E-state index contributed by atoms with van der Waals surface area (Å²) in [6.45, 7) is 0.646. The molecule has 0 bridgehead atoms. The maximum absolute atomic E-state index is 11.1. The minimum atomic E-state index is -1.96. The molecule has 0 radical (unpaired) electrons. The third-order valence-corrected chi connectivity index (χ3v) is 4.79. The summed E-state index contributed by atoms with van der Waals surface area (Å²) in [6, 6.07) is 12.9. The van der Waals surface area contributed by atoms with Gasteiger partial charge in [0.05, 0.1) is 17.5 Å². The van der Waals surface area contributed by atoms with E-state index in [1.54, 1.807) is 25.4 Å². The highest BCUT2D eigenvalue weighted by Gasteiger charge is 2.10. The van der Waals surface area contributed by atoms with Gasteiger partial charge in [-0.25, -0.2) is 9.19 Å². The van der Waals surface area contributed by atoms with Crippen LogP contribution in [-0.4, -0.2) is 30.4 Å². The Morgan fingerprint density at radius 2 is 1.96 bits per heavy atom. The van der Waals surface area contributed by atoms with Gasteiger partial charge in [-0.2, -0.15) is 4.98 Å². The lowest BCUT2D eigenvalue weighted by Crippen LogP contribution is -2.00. The minimum Gasteiger partial charge on any atom is -0.481 e. The summed E-state index contributed by atoms with van der Waals surface area (Å²) in [5, 5.41) is 1.99. The number of fused-ring (bicyclic) bond motifs is 3. The standard InChI is InChI=1S/C18H15N3O3S/c1-24-16-7-6-15-17-13(10-19-18(15)20-16)8-9-21(17)11-12-2-4-14(5-3-12)25(22)23/h2-10H,11H2,1H3,(H,22,23). The van der Waals surface area contributed by atoms with Crippen molar-refractivity contribution >= 4 is 33.0 Å². The molecule has 3 heterocycles. The number of benzene rings is 1. The van der Waals surface area contributed by atoms with Crippen LogP contribution in [0.5, 0.6) is 5.88 Å². The van der Waals surface area contributed by atoms with Crippen molar-refractivity contribution in [1.29, 1.82) is 0 Å². The third-order valence-electron chi connectivity index (χ3n) is 4.11. The molecule has 0 saturated carbocycles. The van der Waals surface area contributed by atoms with Crippen LogP contribution < -0.4 is 4.74 Å². The Kier molecular flexibility index (Phi) is 3.95. The number of methoxy groups -OCH3 is 1. The van der Waals surface area contributed by atoms with Crippen LogP contribution in [-0.2, 0) is 17.6 Å². The molecule has 0 aliphatic heterocycles. The molecule has 0 spiro atoms. The summed E-state index contributed by atoms with van der Waals surface area (Å²) in [7, 11) is 1.58. The fraction of sp³-hybridized carbons (Fsp3) is 0.111. The second kappa shape index (κ2) is 6.27. The molecule has 1 unspecified atom stereocenters. The predicted molar refractivity (Wildman–Crippen MR) is 96.2 cm³/mol. The Labute approximate surface area is 146 Å². The van der Waals surface area contributed by atoms with E-state index < -0.39 is 11.1 Å². The zero-order valence-electron chi connectivity index (χ0n) is 13.4. The van der Waals surface area contributed by atoms with E-state index in [0.29, 0.717) is 23.0 Å². The molecule has 4 aromatic rings. The number of ether oxygens (including phenoxy) is 1. The van der Waals surface area contributed by atoms with E-state index in [9.17, 15) is 4.21 Å². The van der Waals surface area contributed by atoms with Gasteiger partial charge in [0.1, 0.15) is 0 Å². The Bertz CT molecular complexity index is 1090. The zero-order chi connectivity index (χ0) is 17.4. The summed E-state index contributed by atoms with van der Waals surface area (Å²) in [5.74, 6) is 0.532. The van der Waals surface area contributed by atoms with Crippen LogP contribution >= 0.6 is 0 Å². The molecule has 7 heteroatoms. The Morgan fingerprint density at radius 3 is 2.68 bits per heavy atom. The Morgan fingerprint density at radius 1 is 1.16 bits per heavy atom. The SMILES string of the molecule is COc1ccc2c(ncc3ccn(Cc4ccc(S(=O)O)cc4)c32)n1. The van der Waals surface area contributed by atoms with E-state index in [2.05, 4.69) is 14.5 Å². The van der Waals surface area contributed by atoms with Gasteiger partial charge in [-0.05, 0) is 29.8 Å². The summed E-state index contributed by atoms with van der Waals surface area (Å²) >= 11 is -1.96. The first-order valence-corrected chi connectivity index (χ1v) is 8.75. The molecule has 4 rings (SSSR count). The van der Waals surface area contributed by atoms with Gasteiger partial charge in [0.2, 0.25) is 5.88 Å². The van der Waals surface area contributed by atoms with Crippen molar-refractivity contribution in [1.82, 2.24) is 14.5 Å². The Hall–Kier alpha value is -2.77. The fourth-order valence-corrected chi connectivity index (χ4v) is 3.27. The van der Waals surface area contributed by atoms with Crippen molar-refractivity contribution < 1.29 is 13.5 Å². The smallest absolute Gasteiger partial charge is 0.215 e. The van der Waals surface area contributed by atoms with E-state index in [1.165, 1.54) is 0 Å². The monoisotopic (exact) mass is 353 g/mol. The van der Waals surface area contributed by atoms with E-state index in [1.807, 2.05) is 36.5 Å². The van der Waals surface area contributed by atoms with Crippen LogP contribution in [0.4, 0.5) is 0 Å². The maximum atomic E-state index is 11.1. The second-order valence-corrected chi connectivity index (χ2v) is 6.59. The topological polar surface area (TPSA) is 77.2 Å². The lowest BCUT2D eigenvalue weighted by molar-refractivity contribution is 0.399. The van der Waals surface area contributed by atoms with Crippen LogP contribution in [0.15, 0.2) is 59.8 Å². The van der Waals surface area contributed by atoms with Gasteiger partial charge in [0.15, 0.2) is 16.7 Å². The molecular weight excluding hydrogens is 338 g/mol. The van der Waals surface area contributed by atoms with Crippen molar-refractivity contribution in [3.63, 3.8) is 0 Å². The fourth-order valence-electron chi connectivity index (χ4n) is 2.90. The minimum absolute atomic E-state index is 0.395. The molecular formula is C18H15N3O3S. The summed E-state index contributed by atoms with van der Waals surface area (Å²) in [4.78, 5) is 9.19. The van der Waals surface area contributed by atoms with Crippen molar-refractivity contribution in [3.05, 3.63) is 60.4 Å². The number of pyridine rings is 2. The van der Waals surface area contributed by atoms with Gasteiger partial charge < -0.3 is 13.9 Å². The van der Waals surface area contributed by atoms with Crippen LogP contribution in [0, 0.1) is 0 Å². The van der Waals surface area contributed by atoms with Gasteiger partial charge in [0.25, 0.3) is 0 Å². The molecule has 0 fully saturated rings. The lowest BCUT2D eigenvalue weighted by Gasteiger charge is -2.09. The van der Waals surface area contributed by atoms with Crippen molar-refractivity contribution in [2.24, 2.45) is 0 Å². The molecule has 1 atom stereocenters. The number of rotatable bonds is 4. The summed E-state index contributed by atoms with van der Waals surface area (Å²) in [6.07, 6.45) is 3.81. The number of hydrogen-bond acceptors (Lipinski definition) is 4. The first-order valence-electron chi connectivity index (χ1n) is 7.64. The largest absolute Gasteiger partial charge is 0.481 e. The molecule has 3 aromatic heterocycles. The van der Waals surface area contributed by atoms with Gasteiger partial charge in [-0.1, -0.05) is 12.1 Å². The van der Waals surface area contributed by atoms with E-state index in [-0.39, 0.29) is 0 Å². The highest BCUT2D eigenvalue weighted by Crippen LogP contribution is 2.26. The molecule has 1 aromatic carbocycles. The molecule has 25 heavy (non-hydrogen) atoms. The second-order valence-electron chi connectivity index (χ2n) is 5.62. The van der Waals surface area contributed by atoms with E-state index in [4.69, 9.17) is 9.29 Å². The van der Waals surface area contributed by atoms with Crippen molar-refractivity contribution in [3.8, 4) is 5.88 Å². The van der Waals surface area contributed by atoms with Crippen LogP contribution in [0.3, 0.4) is 0 Å². The number of aromatic nitrogens is 3. The van der Waals surface area contributed by atoms with Gasteiger partial charge in [-0.15, -0.1) is 0 Å². The quantitative estimate of drug-likeness (QED) is 0.570. The molecule has 0 aliphatic carbocycles. The number of nitrogens with zero attached hydrogens (tertiary/aromatic N) is 3. The van der Waals surface area contributed by atoms with Crippen LogP contribution in [0.25, 0.3) is 21.9 Å². The molecule has 126 valence electrons. The molecule has 0 amide bonds. The highest BCUT2D eigenvalue weighted by molar-refractivity contribution is 7.79. The number of hydrogen-bond donors (Lipinski definition) is 1. The zero-order valence-corrected chi connectivity index (χ0v) is 14.2. The Balaban J connectivity index is 1.79. The average molecular weight is 353 g/mol. The normalized spacial score (nSPS) is 12.6. The van der Waals surface area contributed by atoms with E-state index >= 15 is 0 Å². The highest BCUT2D eigenvalue weighted by atomic mass is 32.2. The van der Waals surface area contributed by atoms with Gasteiger partial charge >= 0.3 is 0 Å². The van der Waals surface area contributed by atoms with Gasteiger partial charge in [-0.3, -0.25) is 0 Å². The first kappa shape index (κ1) is 15.7. The average Bonchev–Trinajstić information content (AvgIpc) is 3.05. The van der Waals surface area contributed by atoms with E-state index in [0.717, 1.165) is 21.9 Å².